The Balaban J connectivity index is 1.43. The maximum Gasteiger partial charge on any atom is 0.229 e. The molecule has 22 heavy (non-hydrogen) atoms. The second kappa shape index (κ2) is 4.33. The van der Waals surface area contributed by atoms with Crippen molar-refractivity contribution in [2.24, 2.45) is 23.2 Å². The summed E-state index contributed by atoms with van der Waals surface area (Å²) in [4.78, 5) is 15.2. The monoisotopic (exact) mass is 299 g/mol. The van der Waals surface area contributed by atoms with Crippen LogP contribution < -0.4 is 0 Å². The van der Waals surface area contributed by atoms with Crippen LogP contribution >= 0.6 is 0 Å². The second-order valence-electron chi connectivity index (χ2n) is 8.24. The highest BCUT2D eigenvalue weighted by molar-refractivity contribution is 5.84. The molecule has 0 saturated heterocycles. The van der Waals surface area contributed by atoms with Crippen LogP contribution in [0.1, 0.15) is 49.7 Å². The summed E-state index contributed by atoms with van der Waals surface area (Å²) in [5, 5.41) is 0. The SMILES string of the molecule is O=C(N1Cc2cccc(F)c2C1)C12CC3CC(CC(C3)C1)C2. The average molecular weight is 299 g/mol. The lowest BCUT2D eigenvalue weighted by atomic mass is 9.49. The molecular weight excluding hydrogens is 277 g/mol. The number of halogens is 1. The van der Waals surface area contributed by atoms with Gasteiger partial charge in [-0.1, -0.05) is 12.1 Å². The van der Waals surface area contributed by atoms with Crippen molar-refractivity contribution in [2.45, 2.75) is 51.6 Å². The maximum atomic E-state index is 14.0. The molecule has 0 radical (unpaired) electrons. The van der Waals surface area contributed by atoms with E-state index >= 15 is 0 Å². The summed E-state index contributed by atoms with van der Waals surface area (Å²) in [6.45, 7) is 1.08. The molecule has 1 aromatic rings. The summed E-state index contributed by atoms with van der Waals surface area (Å²) in [5.41, 5.74) is 1.63. The van der Waals surface area contributed by atoms with Crippen molar-refractivity contribution in [3.05, 3.63) is 35.1 Å². The van der Waals surface area contributed by atoms with Gasteiger partial charge >= 0.3 is 0 Å². The van der Waals surface area contributed by atoms with Gasteiger partial charge in [-0.3, -0.25) is 4.79 Å². The van der Waals surface area contributed by atoms with E-state index in [1.807, 2.05) is 11.0 Å². The molecule has 0 aromatic heterocycles. The Morgan fingerprint density at radius 1 is 1.05 bits per heavy atom. The van der Waals surface area contributed by atoms with Gasteiger partial charge in [-0.05, 0) is 67.9 Å². The molecule has 4 saturated carbocycles. The molecule has 0 spiro atoms. The summed E-state index contributed by atoms with van der Waals surface area (Å²) in [7, 11) is 0. The van der Waals surface area contributed by atoms with Crippen LogP contribution in [0.25, 0.3) is 0 Å². The fraction of sp³-hybridized carbons (Fsp3) is 0.632. The standard InChI is InChI=1S/C19H22FNO/c20-17-3-1-2-15-10-21(11-16(15)17)18(22)19-7-12-4-13(8-19)6-14(5-12)9-19/h1-3,12-14H,4-11H2. The van der Waals surface area contributed by atoms with Crippen molar-refractivity contribution in [3.63, 3.8) is 0 Å². The zero-order valence-electron chi connectivity index (χ0n) is 12.9. The third-order valence-electron chi connectivity index (χ3n) is 6.71. The number of benzene rings is 1. The van der Waals surface area contributed by atoms with Crippen LogP contribution in [-0.4, -0.2) is 10.8 Å². The molecule has 0 N–H and O–H groups in total. The van der Waals surface area contributed by atoms with Crippen LogP contribution in [0, 0.1) is 29.0 Å². The Bertz CT molecular complexity index is 618. The molecule has 3 heteroatoms. The predicted octanol–water partition coefficient (Wildman–Crippen LogP) is 3.88. The highest BCUT2D eigenvalue weighted by atomic mass is 19.1. The average Bonchev–Trinajstić information content (AvgIpc) is 2.90. The highest BCUT2D eigenvalue weighted by Crippen LogP contribution is 2.60. The van der Waals surface area contributed by atoms with E-state index in [1.165, 1.54) is 25.3 Å². The summed E-state index contributed by atoms with van der Waals surface area (Å²) in [6.07, 6.45) is 7.32. The zero-order chi connectivity index (χ0) is 14.9. The molecule has 0 atom stereocenters. The van der Waals surface area contributed by atoms with Crippen molar-refractivity contribution in [1.29, 1.82) is 0 Å². The molecule has 4 aliphatic carbocycles. The predicted molar refractivity (Wildman–Crippen MR) is 81.3 cm³/mol. The quantitative estimate of drug-likeness (QED) is 0.770. The number of amides is 1. The van der Waals surface area contributed by atoms with Crippen LogP contribution in [0.15, 0.2) is 18.2 Å². The third-order valence-corrected chi connectivity index (χ3v) is 6.71. The Morgan fingerprint density at radius 3 is 2.27 bits per heavy atom. The van der Waals surface area contributed by atoms with Gasteiger partial charge in [-0.2, -0.15) is 0 Å². The molecule has 1 heterocycles. The lowest BCUT2D eigenvalue weighted by Gasteiger charge is -2.56. The Morgan fingerprint density at radius 2 is 1.68 bits per heavy atom. The summed E-state index contributed by atoms with van der Waals surface area (Å²) >= 11 is 0. The fourth-order valence-corrected chi connectivity index (χ4v) is 6.23. The number of carbonyl (C=O) groups is 1. The molecule has 1 aromatic carbocycles. The van der Waals surface area contributed by atoms with Gasteiger partial charge in [0.05, 0.1) is 5.41 Å². The van der Waals surface area contributed by atoms with Crippen LogP contribution in [0.4, 0.5) is 4.39 Å². The number of nitrogens with zero attached hydrogens (tertiary/aromatic N) is 1. The highest BCUT2D eigenvalue weighted by Gasteiger charge is 2.55. The van der Waals surface area contributed by atoms with E-state index in [1.54, 1.807) is 6.07 Å². The van der Waals surface area contributed by atoms with Crippen LogP contribution in [-0.2, 0) is 17.9 Å². The molecule has 5 aliphatic rings. The second-order valence-corrected chi connectivity index (χ2v) is 8.24. The normalized spacial score (nSPS) is 38.4. The van der Waals surface area contributed by atoms with Crippen molar-refractivity contribution in [3.8, 4) is 0 Å². The number of rotatable bonds is 1. The van der Waals surface area contributed by atoms with Crippen molar-refractivity contribution in [2.75, 3.05) is 0 Å². The van der Waals surface area contributed by atoms with Gasteiger partial charge in [0.25, 0.3) is 0 Å². The van der Waals surface area contributed by atoms with Gasteiger partial charge in [-0.25, -0.2) is 4.39 Å². The minimum absolute atomic E-state index is 0.104. The molecule has 116 valence electrons. The molecule has 4 bridgehead atoms. The first-order valence-electron chi connectivity index (χ1n) is 8.69. The molecule has 0 unspecified atom stereocenters. The van der Waals surface area contributed by atoms with Crippen LogP contribution in [0.3, 0.4) is 0 Å². The van der Waals surface area contributed by atoms with Gasteiger partial charge in [0, 0.05) is 18.7 Å². The minimum atomic E-state index is -0.154. The zero-order valence-corrected chi connectivity index (χ0v) is 12.9. The van der Waals surface area contributed by atoms with Crippen molar-refractivity contribution < 1.29 is 9.18 Å². The number of fused-ring (bicyclic) bond motifs is 1. The van der Waals surface area contributed by atoms with E-state index in [0.717, 1.165) is 48.1 Å². The lowest BCUT2D eigenvalue weighted by Crippen LogP contribution is -2.53. The van der Waals surface area contributed by atoms with Crippen LogP contribution in [0.5, 0.6) is 0 Å². The molecule has 1 aliphatic heterocycles. The fourth-order valence-electron chi connectivity index (χ4n) is 6.23. The Hall–Kier alpha value is -1.38. The molecule has 2 nitrogen and oxygen atoms in total. The summed E-state index contributed by atoms with van der Waals surface area (Å²) in [5.74, 6) is 2.49. The summed E-state index contributed by atoms with van der Waals surface area (Å²) in [6, 6.07) is 5.23. The van der Waals surface area contributed by atoms with Crippen LogP contribution in [0.2, 0.25) is 0 Å². The van der Waals surface area contributed by atoms with E-state index in [-0.39, 0.29) is 11.2 Å². The van der Waals surface area contributed by atoms with Crippen molar-refractivity contribution in [1.82, 2.24) is 4.90 Å². The molecule has 6 rings (SSSR count). The number of hydrogen-bond acceptors (Lipinski definition) is 1. The number of carbonyl (C=O) groups excluding carboxylic acids is 1. The summed E-state index contributed by atoms with van der Waals surface area (Å²) < 4.78 is 14.0. The molecular formula is C19H22FNO. The topological polar surface area (TPSA) is 20.3 Å². The lowest BCUT2D eigenvalue weighted by molar-refractivity contribution is -0.158. The van der Waals surface area contributed by atoms with Gasteiger partial charge in [0.1, 0.15) is 5.82 Å². The van der Waals surface area contributed by atoms with Crippen molar-refractivity contribution >= 4 is 5.91 Å². The van der Waals surface area contributed by atoms with E-state index in [4.69, 9.17) is 0 Å². The molecule has 1 amide bonds. The van der Waals surface area contributed by atoms with E-state index < -0.39 is 0 Å². The Labute approximate surface area is 130 Å². The first-order valence-corrected chi connectivity index (χ1v) is 8.69. The largest absolute Gasteiger partial charge is 0.333 e. The minimum Gasteiger partial charge on any atom is -0.333 e. The third kappa shape index (κ3) is 1.74. The smallest absolute Gasteiger partial charge is 0.229 e. The van der Waals surface area contributed by atoms with Gasteiger partial charge in [-0.15, -0.1) is 0 Å². The van der Waals surface area contributed by atoms with E-state index in [9.17, 15) is 9.18 Å². The first-order chi connectivity index (χ1) is 10.6. The van der Waals surface area contributed by atoms with Gasteiger partial charge in [0.15, 0.2) is 0 Å². The molecule has 4 fully saturated rings. The first kappa shape index (κ1) is 13.1. The van der Waals surface area contributed by atoms with Gasteiger partial charge in [0.2, 0.25) is 5.91 Å². The maximum absolute atomic E-state index is 14.0. The van der Waals surface area contributed by atoms with Gasteiger partial charge < -0.3 is 4.90 Å². The Kier molecular flexibility index (Phi) is 2.58. The van der Waals surface area contributed by atoms with E-state index in [2.05, 4.69) is 0 Å². The number of hydrogen-bond donors (Lipinski definition) is 0. The van der Waals surface area contributed by atoms with E-state index in [0.29, 0.717) is 19.0 Å².